The first-order chi connectivity index (χ1) is 21.4. The maximum Gasteiger partial charge on any atom is 0.423 e. The lowest BCUT2D eigenvalue weighted by Crippen LogP contribution is -2.51. The van der Waals surface area contributed by atoms with Crippen LogP contribution in [0.3, 0.4) is 0 Å². The summed E-state index contributed by atoms with van der Waals surface area (Å²) in [4.78, 5) is 35.2. The third-order valence-corrected chi connectivity index (χ3v) is 6.97. The van der Waals surface area contributed by atoms with Crippen LogP contribution >= 0.6 is 0 Å². The Hall–Kier alpha value is -5.11. The highest BCUT2D eigenvalue weighted by Crippen LogP contribution is 2.43. The number of hydrogen-bond donors (Lipinski definition) is 2. The van der Waals surface area contributed by atoms with Gasteiger partial charge in [-0.2, -0.15) is 13.2 Å². The number of nitro benzene ring substituents is 1. The number of halogens is 3. The molecule has 0 saturated carbocycles. The zero-order valence-electron chi connectivity index (χ0n) is 24.3. The number of carbonyl (C=O) groups excluding carboxylic acids is 2. The second-order valence-corrected chi connectivity index (χ2v) is 10.0. The topological polar surface area (TPSA) is 142 Å². The number of carbonyl (C=O) groups is 2. The maximum atomic E-state index is 14.5. The molecular formula is C31H30F3N3O8. The lowest BCUT2D eigenvalue weighted by Gasteiger charge is -2.30. The predicted octanol–water partition coefficient (Wildman–Crippen LogP) is 4.66. The standard InChI is InChI=1S/C31H30F3N3O8/c1-3-44-29(39)14-21-9-12-26(27(13-21)43-2)45-18-28(38)35-19-30(40,31(32,33)34)24-17-36(16-20-7-5-4-6-8-20)25-15-22(37(41)42)10-11-23(24)25/h4-13,15,17,40H,3,14,16,18-19H2,1-2H3,(H,35,38). The highest BCUT2D eigenvalue weighted by Gasteiger charge is 2.56. The molecule has 4 rings (SSSR count). The van der Waals surface area contributed by atoms with Gasteiger partial charge in [0.2, 0.25) is 5.60 Å². The Morgan fingerprint density at radius 3 is 2.40 bits per heavy atom. The van der Waals surface area contributed by atoms with Crippen LogP contribution in [0.15, 0.2) is 72.9 Å². The van der Waals surface area contributed by atoms with E-state index in [1.807, 2.05) is 0 Å². The van der Waals surface area contributed by atoms with Gasteiger partial charge in [-0.05, 0) is 36.2 Å². The number of aliphatic hydroxyl groups is 1. The highest BCUT2D eigenvalue weighted by atomic mass is 19.4. The molecule has 1 heterocycles. The fraction of sp³-hybridized carbons (Fsp3) is 0.290. The van der Waals surface area contributed by atoms with Crippen molar-refractivity contribution in [1.82, 2.24) is 9.88 Å². The van der Waals surface area contributed by atoms with Crippen molar-refractivity contribution in [1.29, 1.82) is 0 Å². The van der Waals surface area contributed by atoms with E-state index in [0.717, 1.165) is 24.4 Å². The van der Waals surface area contributed by atoms with Gasteiger partial charge < -0.3 is 29.2 Å². The molecule has 1 unspecified atom stereocenters. The number of non-ortho nitro benzene ring substituents is 1. The minimum atomic E-state index is -5.26. The molecule has 2 N–H and O–H groups in total. The highest BCUT2D eigenvalue weighted by molar-refractivity contribution is 5.87. The van der Waals surface area contributed by atoms with E-state index in [9.17, 15) is 38.0 Å². The number of rotatable bonds is 13. The maximum absolute atomic E-state index is 14.5. The summed E-state index contributed by atoms with van der Waals surface area (Å²) < 4.78 is 60.6. The van der Waals surface area contributed by atoms with Gasteiger partial charge in [0.25, 0.3) is 11.6 Å². The molecular weight excluding hydrogens is 599 g/mol. The molecule has 14 heteroatoms. The summed E-state index contributed by atoms with van der Waals surface area (Å²) in [5.41, 5.74) is -3.14. The molecule has 0 aliphatic heterocycles. The van der Waals surface area contributed by atoms with Crippen molar-refractivity contribution in [2.75, 3.05) is 26.9 Å². The number of amides is 1. The summed E-state index contributed by atoms with van der Waals surface area (Å²) in [6.45, 7) is -0.0331. The van der Waals surface area contributed by atoms with Crippen LogP contribution in [0.4, 0.5) is 18.9 Å². The fourth-order valence-corrected chi connectivity index (χ4v) is 4.72. The average molecular weight is 630 g/mol. The van der Waals surface area contributed by atoms with Crippen LogP contribution in [0.1, 0.15) is 23.6 Å². The van der Waals surface area contributed by atoms with E-state index in [1.54, 1.807) is 43.3 Å². The normalized spacial score (nSPS) is 12.8. The number of benzene rings is 3. The molecule has 0 radical (unpaired) electrons. The van der Waals surface area contributed by atoms with Gasteiger partial charge in [0.1, 0.15) is 0 Å². The van der Waals surface area contributed by atoms with Crippen molar-refractivity contribution in [3.05, 3.63) is 99.7 Å². The van der Waals surface area contributed by atoms with Crippen LogP contribution in [0.5, 0.6) is 11.5 Å². The van der Waals surface area contributed by atoms with E-state index in [0.29, 0.717) is 11.1 Å². The summed E-state index contributed by atoms with van der Waals surface area (Å²) in [5.74, 6) is -1.15. The molecule has 0 aliphatic rings. The van der Waals surface area contributed by atoms with Crippen molar-refractivity contribution in [3.8, 4) is 11.5 Å². The van der Waals surface area contributed by atoms with Gasteiger partial charge in [-0.25, -0.2) is 0 Å². The summed E-state index contributed by atoms with van der Waals surface area (Å²) in [6.07, 6.45) is -4.21. The first-order valence-electron chi connectivity index (χ1n) is 13.7. The van der Waals surface area contributed by atoms with E-state index in [2.05, 4.69) is 5.32 Å². The van der Waals surface area contributed by atoms with Crippen LogP contribution < -0.4 is 14.8 Å². The summed E-state index contributed by atoms with van der Waals surface area (Å²) in [5, 5.41) is 24.6. The van der Waals surface area contributed by atoms with Crippen molar-refractivity contribution in [2.45, 2.75) is 31.7 Å². The van der Waals surface area contributed by atoms with Crippen LogP contribution in [0.25, 0.3) is 10.9 Å². The molecule has 45 heavy (non-hydrogen) atoms. The smallest absolute Gasteiger partial charge is 0.423 e. The van der Waals surface area contributed by atoms with E-state index in [4.69, 9.17) is 14.2 Å². The number of esters is 1. The number of hydrogen-bond acceptors (Lipinski definition) is 8. The molecule has 238 valence electrons. The Balaban J connectivity index is 1.56. The Morgan fingerprint density at radius 2 is 1.76 bits per heavy atom. The Labute approximate surface area is 255 Å². The third-order valence-electron chi connectivity index (χ3n) is 6.97. The lowest BCUT2D eigenvalue weighted by molar-refractivity contribution is -0.384. The summed E-state index contributed by atoms with van der Waals surface area (Å²) in [7, 11) is 1.34. The Morgan fingerprint density at radius 1 is 1.02 bits per heavy atom. The van der Waals surface area contributed by atoms with E-state index >= 15 is 0 Å². The van der Waals surface area contributed by atoms with Crippen molar-refractivity contribution in [2.24, 2.45) is 0 Å². The van der Waals surface area contributed by atoms with Gasteiger partial charge in [-0.15, -0.1) is 0 Å². The molecule has 4 aromatic rings. The first-order valence-corrected chi connectivity index (χ1v) is 13.7. The summed E-state index contributed by atoms with van der Waals surface area (Å²) in [6, 6.07) is 16.5. The SMILES string of the molecule is CCOC(=O)Cc1ccc(OCC(=O)NCC(O)(c2cn(Cc3ccccc3)c3cc([N+](=O)[O-])ccc23)C(F)(F)F)c(OC)c1. The minimum Gasteiger partial charge on any atom is -0.493 e. The second kappa shape index (κ2) is 13.7. The van der Waals surface area contributed by atoms with E-state index < -0.39 is 47.3 Å². The van der Waals surface area contributed by atoms with E-state index in [-0.39, 0.29) is 47.7 Å². The number of nitrogens with one attached hydrogen (secondary N) is 1. The number of methoxy groups -OCH3 is 1. The lowest BCUT2D eigenvalue weighted by atomic mass is 9.92. The molecule has 11 nitrogen and oxygen atoms in total. The minimum absolute atomic E-state index is 0.0317. The van der Waals surface area contributed by atoms with Crippen molar-refractivity contribution >= 4 is 28.5 Å². The quantitative estimate of drug-likeness (QED) is 0.124. The molecule has 1 amide bonds. The van der Waals surface area contributed by atoms with Crippen LogP contribution in [-0.4, -0.2) is 59.5 Å². The number of nitro groups is 1. The zero-order chi connectivity index (χ0) is 32.8. The van der Waals surface area contributed by atoms with Gasteiger partial charge in [-0.1, -0.05) is 36.4 Å². The number of fused-ring (bicyclic) bond motifs is 1. The largest absolute Gasteiger partial charge is 0.493 e. The van der Waals surface area contributed by atoms with Gasteiger partial charge >= 0.3 is 12.1 Å². The molecule has 0 aliphatic carbocycles. The molecule has 0 fully saturated rings. The fourth-order valence-electron chi connectivity index (χ4n) is 4.72. The Bertz CT molecular complexity index is 1690. The molecule has 0 saturated heterocycles. The van der Waals surface area contributed by atoms with Gasteiger partial charge in [0, 0.05) is 35.8 Å². The molecule has 0 spiro atoms. The number of aromatic nitrogens is 1. The van der Waals surface area contributed by atoms with Crippen LogP contribution in [0.2, 0.25) is 0 Å². The monoisotopic (exact) mass is 629 g/mol. The number of alkyl halides is 3. The number of ether oxygens (including phenoxy) is 3. The molecule has 0 bridgehead atoms. The molecule has 1 atom stereocenters. The van der Waals surface area contributed by atoms with Crippen LogP contribution in [0, 0.1) is 10.1 Å². The molecule has 3 aromatic carbocycles. The second-order valence-electron chi connectivity index (χ2n) is 10.0. The van der Waals surface area contributed by atoms with Gasteiger partial charge in [0.05, 0.1) is 37.1 Å². The van der Waals surface area contributed by atoms with Crippen molar-refractivity contribution in [3.63, 3.8) is 0 Å². The predicted molar refractivity (Wildman–Crippen MR) is 156 cm³/mol. The van der Waals surface area contributed by atoms with Crippen LogP contribution in [-0.2, 0) is 32.9 Å². The third kappa shape index (κ3) is 7.52. The average Bonchev–Trinajstić information content (AvgIpc) is 3.36. The zero-order valence-corrected chi connectivity index (χ0v) is 24.3. The first kappa shape index (κ1) is 32.8. The Kier molecular flexibility index (Phi) is 9.97. The number of nitrogens with zero attached hydrogens (tertiary/aromatic N) is 2. The van der Waals surface area contributed by atoms with Gasteiger partial charge in [-0.3, -0.25) is 19.7 Å². The van der Waals surface area contributed by atoms with Gasteiger partial charge in [0.15, 0.2) is 18.1 Å². The summed E-state index contributed by atoms with van der Waals surface area (Å²) >= 11 is 0. The molecule has 1 aromatic heterocycles. The van der Waals surface area contributed by atoms with E-state index in [1.165, 1.54) is 23.8 Å². The van der Waals surface area contributed by atoms with Crippen molar-refractivity contribution < 1.29 is 47.0 Å².